The van der Waals surface area contributed by atoms with Gasteiger partial charge in [-0.25, -0.2) is 0 Å². The zero-order valence-corrected chi connectivity index (χ0v) is 16.3. The Morgan fingerprint density at radius 1 is 1.08 bits per heavy atom. The number of nitrogens with zero attached hydrogens (tertiary/aromatic N) is 1. The molecule has 1 N–H and O–H groups in total. The molecule has 6 heteroatoms. The Bertz CT molecular complexity index is 763. The van der Waals surface area contributed by atoms with Gasteiger partial charge in [-0.05, 0) is 43.2 Å². The smallest absolute Gasteiger partial charge is 0.242 e. The van der Waals surface area contributed by atoms with Crippen molar-refractivity contribution in [2.24, 2.45) is 0 Å². The van der Waals surface area contributed by atoms with E-state index in [0.29, 0.717) is 16.6 Å². The van der Waals surface area contributed by atoms with Crippen molar-refractivity contribution in [3.05, 3.63) is 69.7 Å². The Hall–Kier alpha value is -2.04. The van der Waals surface area contributed by atoms with Gasteiger partial charge >= 0.3 is 0 Å². The molecular weight excluding hydrogens is 371 g/mol. The maximum Gasteiger partial charge on any atom is 0.242 e. The van der Waals surface area contributed by atoms with Crippen molar-refractivity contribution in [1.82, 2.24) is 10.2 Å². The molecular formula is C20H22Cl2N2O2. The average Bonchev–Trinajstić information content (AvgIpc) is 2.62. The molecule has 0 spiro atoms. The maximum atomic E-state index is 12.9. The molecule has 1 atom stereocenters. The van der Waals surface area contributed by atoms with Gasteiger partial charge in [0, 0.05) is 23.1 Å². The van der Waals surface area contributed by atoms with Gasteiger partial charge in [0.15, 0.2) is 0 Å². The van der Waals surface area contributed by atoms with Gasteiger partial charge < -0.3 is 10.2 Å². The highest BCUT2D eigenvalue weighted by Gasteiger charge is 2.26. The van der Waals surface area contributed by atoms with Crippen molar-refractivity contribution in [2.45, 2.75) is 32.9 Å². The Morgan fingerprint density at radius 3 is 2.35 bits per heavy atom. The molecule has 4 nitrogen and oxygen atoms in total. The lowest BCUT2D eigenvalue weighted by Gasteiger charge is -2.29. The number of benzene rings is 2. The summed E-state index contributed by atoms with van der Waals surface area (Å²) < 4.78 is 0. The fourth-order valence-corrected chi connectivity index (χ4v) is 2.91. The molecule has 0 unspecified atom stereocenters. The molecule has 26 heavy (non-hydrogen) atoms. The minimum atomic E-state index is -0.606. The fourth-order valence-electron chi connectivity index (χ4n) is 2.59. The molecule has 0 aliphatic heterocycles. The number of hydrogen-bond acceptors (Lipinski definition) is 2. The number of rotatable bonds is 7. The van der Waals surface area contributed by atoms with Gasteiger partial charge in [0.2, 0.25) is 11.8 Å². The Balaban J connectivity index is 2.23. The summed E-state index contributed by atoms with van der Waals surface area (Å²) >= 11 is 12.1. The summed E-state index contributed by atoms with van der Waals surface area (Å²) in [6, 6.07) is 13.8. The van der Waals surface area contributed by atoms with Gasteiger partial charge in [0.1, 0.15) is 6.04 Å². The van der Waals surface area contributed by atoms with Gasteiger partial charge in [0.25, 0.3) is 0 Å². The molecule has 0 fully saturated rings. The highest BCUT2D eigenvalue weighted by Crippen LogP contribution is 2.20. The summed E-state index contributed by atoms with van der Waals surface area (Å²) in [6.45, 7) is 4.35. The van der Waals surface area contributed by atoms with Crippen molar-refractivity contribution in [2.75, 3.05) is 6.54 Å². The van der Waals surface area contributed by atoms with E-state index in [1.165, 1.54) is 0 Å². The molecule has 0 aliphatic carbocycles. The van der Waals surface area contributed by atoms with Crippen LogP contribution in [0, 0.1) is 0 Å². The van der Waals surface area contributed by atoms with Crippen molar-refractivity contribution in [3.63, 3.8) is 0 Å². The lowest BCUT2D eigenvalue weighted by molar-refractivity contribution is -0.140. The lowest BCUT2D eigenvalue weighted by Crippen LogP contribution is -2.48. The molecule has 2 aromatic carbocycles. The van der Waals surface area contributed by atoms with Crippen LogP contribution in [0.3, 0.4) is 0 Å². The molecule has 0 bridgehead atoms. The molecule has 0 radical (unpaired) electrons. The van der Waals surface area contributed by atoms with Crippen LogP contribution in [-0.2, 0) is 22.6 Å². The van der Waals surface area contributed by atoms with E-state index in [-0.39, 0.29) is 24.8 Å². The minimum absolute atomic E-state index is 0.147. The first-order valence-electron chi connectivity index (χ1n) is 8.47. The van der Waals surface area contributed by atoms with E-state index in [1.54, 1.807) is 30.0 Å². The first-order valence-corrected chi connectivity index (χ1v) is 9.23. The van der Waals surface area contributed by atoms with E-state index in [9.17, 15) is 9.59 Å². The van der Waals surface area contributed by atoms with Gasteiger partial charge in [0.05, 0.1) is 6.42 Å². The number of hydrogen-bond donors (Lipinski definition) is 1. The highest BCUT2D eigenvalue weighted by molar-refractivity contribution is 6.31. The van der Waals surface area contributed by atoms with Gasteiger partial charge in [-0.1, -0.05) is 53.5 Å². The van der Waals surface area contributed by atoms with Crippen LogP contribution in [0.4, 0.5) is 0 Å². The predicted molar refractivity (Wildman–Crippen MR) is 105 cm³/mol. The molecule has 0 aromatic heterocycles. The summed E-state index contributed by atoms with van der Waals surface area (Å²) in [4.78, 5) is 26.8. The Labute approximate surface area is 164 Å². The molecule has 2 aromatic rings. The van der Waals surface area contributed by atoms with Crippen LogP contribution in [0.5, 0.6) is 0 Å². The second kappa shape index (κ2) is 9.60. The Kier molecular flexibility index (Phi) is 7.49. The molecule has 0 aliphatic rings. The number of halogens is 2. The van der Waals surface area contributed by atoms with Crippen LogP contribution < -0.4 is 5.32 Å². The quantitative estimate of drug-likeness (QED) is 0.771. The standard InChI is InChI=1S/C20H22Cl2N2O2/c1-3-23-20(26)14(2)24(13-16-6-4-5-7-18(16)22)19(25)12-15-8-10-17(21)11-9-15/h4-11,14H,3,12-13H2,1-2H3,(H,23,26)/t14-/m1/s1. The third-order valence-electron chi connectivity index (χ3n) is 4.09. The van der Waals surface area contributed by atoms with E-state index < -0.39 is 6.04 Å². The van der Waals surface area contributed by atoms with Crippen molar-refractivity contribution in [1.29, 1.82) is 0 Å². The molecule has 2 amide bonds. The third-order valence-corrected chi connectivity index (χ3v) is 4.71. The zero-order valence-electron chi connectivity index (χ0n) is 14.8. The average molecular weight is 393 g/mol. The monoisotopic (exact) mass is 392 g/mol. The maximum absolute atomic E-state index is 12.9. The first kappa shape index (κ1) is 20.3. The third kappa shape index (κ3) is 5.48. The predicted octanol–water partition coefficient (Wildman–Crippen LogP) is 4.09. The van der Waals surface area contributed by atoms with Crippen LogP contribution in [0.25, 0.3) is 0 Å². The lowest BCUT2D eigenvalue weighted by atomic mass is 10.1. The summed E-state index contributed by atoms with van der Waals surface area (Å²) in [7, 11) is 0. The van der Waals surface area contributed by atoms with Gasteiger partial charge in [-0.2, -0.15) is 0 Å². The summed E-state index contributed by atoms with van der Waals surface area (Å²) in [5.41, 5.74) is 1.64. The van der Waals surface area contributed by atoms with Crippen LogP contribution in [-0.4, -0.2) is 29.3 Å². The number of carbonyl (C=O) groups excluding carboxylic acids is 2. The largest absolute Gasteiger partial charge is 0.355 e. The normalized spacial score (nSPS) is 11.7. The SMILES string of the molecule is CCNC(=O)[C@@H](C)N(Cc1ccccc1Cl)C(=O)Cc1ccc(Cl)cc1. The first-order chi connectivity index (χ1) is 12.4. The molecule has 0 saturated carbocycles. The number of amides is 2. The number of nitrogens with one attached hydrogen (secondary N) is 1. The summed E-state index contributed by atoms with van der Waals surface area (Å²) in [5, 5.41) is 3.95. The van der Waals surface area contributed by atoms with Gasteiger partial charge in [-0.15, -0.1) is 0 Å². The van der Waals surface area contributed by atoms with Crippen LogP contribution >= 0.6 is 23.2 Å². The molecule has 0 heterocycles. The second-order valence-corrected chi connectivity index (χ2v) is 6.83. The van der Waals surface area contributed by atoms with E-state index in [2.05, 4.69) is 5.32 Å². The van der Waals surface area contributed by atoms with Crippen LogP contribution in [0.2, 0.25) is 10.0 Å². The van der Waals surface area contributed by atoms with Crippen molar-refractivity contribution in [3.8, 4) is 0 Å². The Morgan fingerprint density at radius 2 is 1.73 bits per heavy atom. The van der Waals surface area contributed by atoms with Crippen molar-refractivity contribution >= 4 is 35.0 Å². The molecule has 138 valence electrons. The van der Waals surface area contributed by atoms with E-state index >= 15 is 0 Å². The molecule has 2 rings (SSSR count). The van der Waals surface area contributed by atoms with E-state index in [4.69, 9.17) is 23.2 Å². The van der Waals surface area contributed by atoms with Crippen molar-refractivity contribution < 1.29 is 9.59 Å². The van der Waals surface area contributed by atoms with Crippen LogP contribution in [0.1, 0.15) is 25.0 Å². The minimum Gasteiger partial charge on any atom is -0.355 e. The summed E-state index contributed by atoms with van der Waals surface area (Å²) in [5.74, 6) is -0.338. The van der Waals surface area contributed by atoms with E-state index in [1.807, 2.05) is 37.3 Å². The van der Waals surface area contributed by atoms with E-state index in [0.717, 1.165) is 11.1 Å². The summed E-state index contributed by atoms with van der Waals surface area (Å²) in [6.07, 6.45) is 0.186. The second-order valence-electron chi connectivity index (χ2n) is 5.99. The van der Waals surface area contributed by atoms with Gasteiger partial charge in [-0.3, -0.25) is 9.59 Å². The topological polar surface area (TPSA) is 49.4 Å². The highest BCUT2D eigenvalue weighted by atomic mass is 35.5. The van der Waals surface area contributed by atoms with Crippen LogP contribution in [0.15, 0.2) is 48.5 Å². The number of likely N-dealkylation sites (N-methyl/N-ethyl adjacent to an activating group) is 1. The molecule has 0 saturated heterocycles. The fraction of sp³-hybridized carbons (Fsp3) is 0.300. The number of carbonyl (C=O) groups is 2. The zero-order chi connectivity index (χ0) is 19.1.